The van der Waals surface area contributed by atoms with Crippen molar-refractivity contribution in [1.82, 2.24) is 5.32 Å². The van der Waals surface area contributed by atoms with E-state index in [-0.39, 0.29) is 0 Å². The van der Waals surface area contributed by atoms with Crippen molar-refractivity contribution in [3.05, 3.63) is 57.8 Å². The lowest BCUT2D eigenvalue weighted by atomic mass is 9.93. The van der Waals surface area contributed by atoms with Crippen LogP contribution in [0.2, 0.25) is 0 Å². The molecule has 1 atom stereocenters. The van der Waals surface area contributed by atoms with E-state index in [1.807, 2.05) is 11.3 Å². The summed E-state index contributed by atoms with van der Waals surface area (Å²) in [5, 5.41) is 5.75. The van der Waals surface area contributed by atoms with Gasteiger partial charge >= 0.3 is 0 Å². The van der Waals surface area contributed by atoms with Crippen LogP contribution in [0.3, 0.4) is 0 Å². The van der Waals surface area contributed by atoms with Crippen molar-refractivity contribution in [1.29, 1.82) is 0 Å². The van der Waals surface area contributed by atoms with Crippen LogP contribution in [0, 0.1) is 6.92 Å². The van der Waals surface area contributed by atoms with E-state index in [1.54, 1.807) is 0 Å². The van der Waals surface area contributed by atoms with E-state index in [2.05, 4.69) is 60.9 Å². The van der Waals surface area contributed by atoms with Crippen molar-refractivity contribution in [3.63, 3.8) is 0 Å². The number of aryl methyl sites for hydroxylation is 2. The summed E-state index contributed by atoms with van der Waals surface area (Å²) in [6.07, 6.45) is 3.61. The Morgan fingerprint density at radius 1 is 1.15 bits per heavy atom. The van der Waals surface area contributed by atoms with Crippen LogP contribution in [0.5, 0.6) is 0 Å². The monoisotopic (exact) mass is 287 g/mol. The SMILES string of the molecule is CCCNCC(CCc1cccs1)c1ccc(C)cc1. The minimum atomic E-state index is 0.615. The van der Waals surface area contributed by atoms with Crippen LogP contribution in [0.1, 0.15) is 41.7 Å². The first-order valence-electron chi connectivity index (χ1n) is 7.59. The highest BCUT2D eigenvalue weighted by molar-refractivity contribution is 7.09. The molecule has 1 heterocycles. The summed E-state index contributed by atoms with van der Waals surface area (Å²) < 4.78 is 0. The highest BCUT2D eigenvalue weighted by Gasteiger charge is 2.11. The fourth-order valence-electron chi connectivity index (χ4n) is 2.45. The lowest BCUT2D eigenvalue weighted by molar-refractivity contribution is 0.550. The molecule has 0 aliphatic rings. The first kappa shape index (κ1) is 15.3. The van der Waals surface area contributed by atoms with Gasteiger partial charge in [0.25, 0.3) is 0 Å². The Labute approximate surface area is 127 Å². The van der Waals surface area contributed by atoms with E-state index in [9.17, 15) is 0 Å². The molecule has 0 fully saturated rings. The molecule has 1 N–H and O–H groups in total. The second-order valence-electron chi connectivity index (χ2n) is 5.43. The molecule has 0 amide bonds. The van der Waals surface area contributed by atoms with Crippen molar-refractivity contribution in [2.45, 2.75) is 39.0 Å². The van der Waals surface area contributed by atoms with Crippen molar-refractivity contribution in [2.24, 2.45) is 0 Å². The van der Waals surface area contributed by atoms with Gasteiger partial charge in [-0.2, -0.15) is 0 Å². The average Bonchev–Trinajstić information content (AvgIpc) is 2.97. The molecule has 0 radical (unpaired) electrons. The first-order valence-corrected chi connectivity index (χ1v) is 8.47. The summed E-state index contributed by atoms with van der Waals surface area (Å²) in [7, 11) is 0. The second-order valence-corrected chi connectivity index (χ2v) is 6.46. The maximum atomic E-state index is 3.58. The molecule has 0 bridgehead atoms. The summed E-state index contributed by atoms with van der Waals surface area (Å²) in [6.45, 7) is 6.57. The molecule has 2 rings (SSSR count). The lowest BCUT2D eigenvalue weighted by Gasteiger charge is -2.18. The molecular formula is C18H25NS. The summed E-state index contributed by atoms with van der Waals surface area (Å²) in [5.74, 6) is 0.615. The number of benzene rings is 1. The van der Waals surface area contributed by atoms with Crippen LogP contribution in [-0.2, 0) is 6.42 Å². The Morgan fingerprint density at radius 2 is 1.95 bits per heavy atom. The number of thiophene rings is 1. The molecule has 1 unspecified atom stereocenters. The van der Waals surface area contributed by atoms with E-state index >= 15 is 0 Å². The third-order valence-corrected chi connectivity index (χ3v) is 4.62. The molecule has 0 saturated heterocycles. The van der Waals surface area contributed by atoms with Gasteiger partial charge in [-0.25, -0.2) is 0 Å². The van der Waals surface area contributed by atoms with E-state index in [1.165, 1.54) is 35.3 Å². The van der Waals surface area contributed by atoms with Gasteiger partial charge in [0.15, 0.2) is 0 Å². The summed E-state index contributed by atoms with van der Waals surface area (Å²) in [6, 6.07) is 13.4. The van der Waals surface area contributed by atoms with Gasteiger partial charge in [0.1, 0.15) is 0 Å². The molecule has 0 spiro atoms. The third kappa shape index (κ3) is 4.77. The number of hydrogen-bond donors (Lipinski definition) is 1. The third-order valence-electron chi connectivity index (χ3n) is 3.69. The molecule has 1 aromatic heterocycles. The molecule has 0 aliphatic heterocycles. The van der Waals surface area contributed by atoms with Crippen LogP contribution < -0.4 is 5.32 Å². The fraction of sp³-hybridized carbons (Fsp3) is 0.444. The van der Waals surface area contributed by atoms with Gasteiger partial charge in [-0.3, -0.25) is 0 Å². The Morgan fingerprint density at radius 3 is 2.60 bits per heavy atom. The predicted octanol–water partition coefficient (Wildman–Crippen LogP) is 4.77. The van der Waals surface area contributed by atoms with Crippen molar-refractivity contribution >= 4 is 11.3 Å². The van der Waals surface area contributed by atoms with Gasteiger partial charge in [0.2, 0.25) is 0 Å². The van der Waals surface area contributed by atoms with Crippen LogP contribution in [0.15, 0.2) is 41.8 Å². The van der Waals surface area contributed by atoms with Gasteiger partial charge in [0, 0.05) is 11.4 Å². The van der Waals surface area contributed by atoms with Crippen molar-refractivity contribution in [2.75, 3.05) is 13.1 Å². The van der Waals surface area contributed by atoms with E-state index in [0.717, 1.165) is 13.1 Å². The first-order chi connectivity index (χ1) is 9.79. The zero-order chi connectivity index (χ0) is 14.2. The number of rotatable bonds is 8. The van der Waals surface area contributed by atoms with Crippen LogP contribution >= 0.6 is 11.3 Å². The highest BCUT2D eigenvalue weighted by atomic mass is 32.1. The van der Waals surface area contributed by atoms with Gasteiger partial charge in [-0.1, -0.05) is 42.8 Å². The van der Waals surface area contributed by atoms with E-state index in [4.69, 9.17) is 0 Å². The van der Waals surface area contributed by atoms with Gasteiger partial charge in [-0.05, 0) is 55.7 Å². The molecule has 0 saturated carbocycles. The summed E-state index contributed by atoms with van der Waals surface area (Å²) in [4.78, 5) is 1.50. The number of nitrogens with one attached hydrogen (secondary N) is 1. The Bertz CT molecular complexity index is 473. The van der Waals surface area contributed by atoms with Gasteiger partial charge in [0.05, 0.1) is 0 Å². The average molecular weight is 287 g/mol. The van der Waals surface area contributed by atoms with Crippen molar-refractivity contribution in [3.8, 4) is 0 Å². The lowest BCUT2D eigenvalue weighted by Crippen LogP contribution is -2.22. The molecule has 1 aromatic carbocycles. The predicted molar refractivity (Wildman–Crippen MR) is 89.7 cm³/mol. The summed E-state index contributed by atoms with van der Waals surface area (Å²) >= 11 is 1.87. The zero-order valence-corrected chi connectivity index (χ0v) is 13.4. The second kappa shape index (κ2) is 8.23. The topological polar surface area (TPSA) is 12.0 Å². The van der Waals surface area contributed by atoms with E-state index in [0.29, 0.717) is 5.92 Å². The molecule has 1 nitrogen and oxygen atoms in total. The molecule has 2 heteroatoms. The molecule has 20 heavy (non-hydrogen) atoms. The molecular weight excluding hydrogens is 262 g/mol. The Kier molecular flexibility index (Phi) is 6.28. The van der Waals surface area contributed by atoms with Gasteiger partial charge < -0.3 is 5.32 Å². The maximum absolute atomic E-state index is 3.58. The smallest absolute Gasteiger partial charge is 0.00454 e. The van der Waals surface area contributed by atoms with E-state index < -0.39 is 0 Å². The minimum absolute atomic E-state index is 0.615. The minimum Gasteiger partial charge on any atom is -0.316 e. The Balaban J connectivity index is 1.97. The molecule has 0 aliphatic carbocycles. The zero-order valence-electron chi connectivity index (χ0n) is 12.6. The maximum Gasteiger partial charge on any atom is 0.00454 e. The molecule has 2 aromatic rings. The molecule has 108 valence electrons. The van der Waals surface area contributed by atoms with Crippen LogP contribution in [0.25, 0.3) is 0 Å². The fourth-order valence-corrected chi connectivity index (χ4v) is 3.17. The van der Waals surface area contributed by atoms with Crippen molar-refractivity contribution < 1.29 is 0 Å². The van der Waals surface area contributed by atoms with Gasteiger partial charge in [-0.15, -0.1) is 11.3 Å². The summed E-state index contributed by atoms with van der Waals surface area (Å²) in [5.41, 5.74) is 2.81. The van der Waals surface area contributed by atoms with Crippen LogP contribution in [0.4, 0.5) is 0 Å². The quantitative estimate of drug-likeness (QED) is 0.689. The Hall–Kier alpha value is -1.12. The largest absolute Gasteiger partial charge is 0.316 e. The number of hydrogen-bond acceptors (Lipinski definition) is 2. The normalized spacial score (nSPS) is 12.5. The standard InChI is InChI=1S/C18H25NS/c1-3-12-19-14-17(10-11-18-5-4-13-20-18)16-8-6-15(2)7-9-16/h4-9,13,17,19H,3,10-12,14H2,1-2H3. The highest BCUT2D eigenvalue weighted by Crippen LogP contribution is 2.23. The van der Waals surface area contributed by atoms with Crippen LogP contribution in [-0.4, -0.2) is 13.1 Å².